The molecule has 1 aliphatic heterocycles. The summed E-state index contributed by atoms with van der Waals surface area (Å²) in [5.74, 6) is 1.13. The first kappa shape index (κ1) is 18.6. The minimum Gasteiger partial charge on any atom is -0.391 e. The molecule has 3 rings (SSSR count). The van der Waals surface area contributed by atoms with Crippen molar-refractivity contribution in [1.82, 2.24) is 19.8 Å². The third-order valence-electron chi connectivity index (χ3n) is 4.80. The maximum absolute atomic E-state index is 13.0. The minimum absolute atomic E-state index is 0.0422. The van der Waals surface area contributed by atoms with Gasteiger partial charge in [-0.1, -0.05) is 19.0 Å². The van der Waals surface area contributed by atoms with Crippen LogP contribution in [0, 0.1) is 18.8 Å². The zero-order valence-electron chi connectivity index (χ0n) is 16.0. The van der Waals surface area contributed by atoms with Gasteiger partial charge in [-0.15, -0.1) is 0 Å². The average Bonchev–Trinajstić information content (AvgIpc) is 3.26. The lowest BCUT2D eigenvalue weighted by Crippen LogP contribution is -2.31. The van der Waals surface area contributed by atoms with Gasteiger partial charge in [0.15, 0.2) is 0 Å². The Morgan fingerprint density at radius 1 is 1.38 bits per heavy atom. The molecule has 0 aliphatic carbocycles. The normalized spacial score (nSPS) is 20.3. The first-order valence-electron chi connectivity index (χ1n) is 9.33. The Morgan fingerprint density at radius 3 is 2.77 bits per heavy atom. The molecule has 1 N–H and O–H groups in total. The van der Waals surface area contributed by atoms with Gasteiger partial charge in [0, 0.05) is 38.0 Å². The van der Waals surface area contributed by atoms with E-state index in [1.807, 2.05) is 26.0 Å². The monoisotopic (exact) mass is 360 g/mol. The summed E-state index contributed by atoms with van der Waals surface area (Å²) in [7, 11) is 0. The lowest BCUT2D eigenvalue weighted by molar-refractivity contribution is 0.0752. The Kier molecular flexibility index (Phi) is 5.46. The fourth-order valence-corrected chi connectivity index (χ4v) is 3.55. The lowest BCUT2D eigenvalue weighted by Gasteiger charge is -2.16. The molecule has 7 nitrogen and oxygen atoms in total. The summed E-state index contributed by atoms with van der Waals surface area (Å²) in [6.07, 6.45) is 0.873. The topological polar surface area (TPSA) is 84.4 Å². The summed E-state index contributed by atoms with van der Waals surface area (Å²) in [6.45, 7) is 9.62. The van der Waals surface area contributed by atoms with E-state index < -0.39 is 6.10 Å². The molecule has 2 aromatic rings. The number of nitrogens with zero attached hydrogens (tertiary/aromatic N) is 4. The molecule has 2 aromatic heterocycles. The summed E-state index contributed by atoms with van der Waals surface area (Å²) in [4.78, 5) is 14.7. The summed E-state index contributed by atoms with van der Waals surface area (Å²) in [5.41, 5.74) is 2.37. The second-order valence-corrected chi connectivity index (χ2v) is 7.61. The highest BCUT2D eigenvalue weighted by atomic mass is 16.5. The number of hydrogen-bond acceptors (Lipinski definition) is 5. The van der Waals surface area contributed by atoms with E-state index >= 15 is 0 Å². The van der Waals surface area contributed by atoms with E-state index in [1.54, 1.807) is 9.58 Å². The van der Waals surface area contributed by atoms with Gasteiger partial charge >= 0.3 is 0 Å². The number of aliphatic hydroxyl groups excluding tert-OH is 1. The predicted molar refractivity (Wildman–Crippen MR) is 96.8 cm³/mol. The average molecular weight is 360 g/mol. The Balaban J connectivity index is 1.71. The molecule has 1 amide bonds. The van der Waals surface area contributed by atoms with Gasteiger partial charge in [-0.05, 0) is 32.3 Å². The molecule has 2 atom stereocenters. The summed E-state index contributed by atoms with van der Waals surface area (Å²) in [6, 6.07) is 3.77. The van der Waals surface area contributed by atoms with Crippen molar-refractivity contribution in [2.45, 2.75) is 53.2 Å². The van der Waals surface area contributed by atoms with Crippen molar-refractivity contribution >= 4 is 5.91 Å². The van der Waals surface area contributed by atoms with Crippen LogP contribution in [0.5, 0.6) is 0 Å². The van der Waals surface area contributed by atoms with Gasteiger partial charge < -0.3 is 14.5 Å². The first-order chi connectivity index (χ1) is 12.4. The third kappa shape index (κ3) is 3.98. The van der Waals surface area contributed by atoms with Gasteiger partial charge in [0.05, 0.1) is 17.5 Å². The smallest absolute Gasteiger partial charge is 0.272 e. The lowest BCUT2D eigenvalue weighted by atomic mass is 10.0. The number of β-amino-alcohol motifs (C(OH)–C–C–N with tert-alkyl or cyclic N) is 1. The molecule has 1 saturated heterocycles. The molecule has 0 spiro atoms. The van der Waals surface area contributed by atoms with Crippen LogP contribution in [-0.2, 0) is 19.4 Å². The first-order valence-corrected chi connectivity index (χ1v) is 9.33. The van der Waals surface area contributed by atoms with Crippen LogP contribution in [0.1, 0.15) is 48.4 Å². The largest absolute Gasteiger partial charge is 0.391 e. The molecule has 0 aromatic carbocycles. The van der Waals surface area contributed by atoms with Gasteiger partial charge in [-0.3, -0.25) is 9.48 Å². The number of aryl methyl sites for hydroxylation is 2. The van der Waals surface area contributed by atoms with Crippen LogP contribution < -0.4 is 0 Å². The number of aliphatic hydroxyl groups is 1. The van der Waals surface area contributed by atoms with Gasteiger partial charge in [0.2, 0.25) is 0 Å². The molecule has 142 valence electrons. The Hall–Kier alpha value is -2.15. The van der Waals surface area contributed by atoms with Crippen molar-refractivity contribution in [2.24, 2.45) is 11.8 Å². The van der Waals surface area contributed by atoms with Crippen LogP contribution in [0.2, 0.25) is 0 Å². The quantitative estimate of drug-likeness (QED) is 0.852. The van der Waals surface area contributed by atoms with E-state index in [0.29, 0.717) is 37.7 Å². The van der Waals surface area contributed by atoms with E-state index in [4.69, 9.17) is 4.52 Å². The van der Waals surface area contributed by atoms with E-state index in [0.717, 1.165) is 23.6 Å². The number of aromatic nitrogens is 3. The van der Waals surface area contributed by atoms with E-state index in [-0.39, 0.29) is 11.8 Å². The maximum Gasteiger partial charge on any atom is 0.272 e. The van der Waals surface area contributed by atoms with Crippen LogP contribution in [0.3, 0.4) is 0 Å². The zero-order valence-corrected chi connectivity index (χ0v) is 16.0. The van der Waals surface area contributed by atoms with Crippen LogP contribution in [0.15, 0.2) is 16.7 Å². The highest BCUT2D eigenvalue weighted by Gasteiger charge is 2.36. The number of carbonyl (C=O) groups excluding carboxylic acids is 1. The highest BCUT2D eigenvalue weighted by molar-refractivity contribution is 5.93. The predicted octanol–water partition coefficient (Wildman–Crippen LogP) is 2.07. The summed E-state index contributed by atoms with van der Waals surface area (Å²) >= 11 is 0. The number of carbonyl (C=O) groups is 1. The standard InChI is InChI=1S/C19H28N4O3/c1-5-23-17(9-15(20-23)6-12(2)3)19(25)22-10-14(18(24)11-22)8-16-7-13(4)21-26-16/h7,9,12,14,18,24H,5-6,8,10-11H2,1-4H3. The second kappa shape index (κ2) is 7.61. The van der Waals surface area contributed by atoms with Crippen molar-refractivity contribution in [2.75, 3.05) is 13.1 Å². The van der Waals surface area contributed by atoms with Gasteiger partial charge in [0.25, 0.3) is 5.91 Å². The molecule has 2 unspecified atom stereocenters. The summed E-state index contributed by atoms with van der Waals surface area (Å²) in [5, 5.41) is 18.8. The fraction of sp³-hybridized carbons (Fsp3) is 0.632. The van der Waals surface area contributed by atoms with Crippen molar-refractivity contribution in [3.05, 3.63) is 35.0 Å². The van der Waals surface area contributed by atoms with E-state index in [9.17, 15) is 9.90 Å². The number of amides is 1. The van der Waals surface area contributed by atoms with Crippen LogP contribution in [-0.4, -0.2) is 50.0 Å². The summed E-state index contributed by atoms with van der Waals surface area (Å²) < 4.78 is 7.02. The molecular weight excluding hydrogens is 332 g/mol. The number of rotatable bonds is 6. The second-order valence-electron chi connectivity index (χ2n) is 7.61. The van der Waals surface area contributed by atoms with Gasteiger partial charge in [-0.25, -0.2) is 0 Å². The van der Waals surface area contributed by atoms with Crippen LogP contribution in [0.4, 0.5) is 0 Å². The van der Waals surface area contributed by atoms with E-state index in [2.05, 4.69) is 24.1 Å². The number of hydrogen-bond donors (Lipinski definition) is 1. The van der Waals surface area contributed by atoms with Crippen molar-refractivity contribution in [3.63, 3.8) is 0 Å². The Labute approximate surface area is 154 Å². The highest BCUT2D eigenvalue weighted by Crippen LogP contribution is 2.24. The molecule has 0 bridgehead atoms. The van der Waals surface area contributed by atoms with Crippen molar-refractivity contribution in [1.29, 1.82) is 0 Å². The molecular formula is C19H28N4O3. The van der Waals surface area contributed by atoms with Crippen LogP contribution in [0.25, 0.3) is 0 Å². The van der Waals surface area contributed by atoms with E-state index in [1.165, 1.54) is 0 Å². The SMILES string of the molecule is CCn1nc(CC(C)C)cc1C(=O)N1CC(O)C(Cc2cc(C)no2)C1. The van der Waals surface area contributed by atoms with Crippen molar-refractivity contribution in [3.8, 4) is 0 Å². The fourth-order valence-electron chi connectivity index (χ4n) is 3.55. The van der Waals surface area contributed by atoms with Gasteiger partial charge in [0.1, 0.15) is 11.5 Å². The molecule has 3 heterocycles. The number of likely N-dealkylation sites (tertiary alicyclic amines) is 1. The van der Waals surface area contributed by atoms with Crippen LogP contribution >= 0.6 is 0 Å². The Morgan fingerprint density at radius 2 is 2.15 bits per heavy atom. The minimum atomic E-state index is -0.558. The molecule has 1 aliphatic rings. The van der Waals surface area contributed by atoms with Gasteiger partial charge in [-0.2, -0.15) is 5.10 Å². The molecule has 7 heteroatoms. The maximum atomic E-state index is 13.0. The van der Waals surface area contributed by atoms with Crippen molar-refractivity contribution < 1.29 is 14.4 Å². The molecule has 0 radical (unpaired) electrons. The third-order valence-corrected chi connectivity index (χ3v) is 4.80. The molecule has 1 fully saturated rings. The molecule has 26 heavy (non-hydrogen) atoms. The molecule has 0 saturated carbocycles. The Bertz CT molecular complexity index is 765. The zero-order chi connectivity index (χ0) is 18.8.